The quantitative estimate of drug-likeness (QED) is 0.656. The molecule has 1 atom stereocenters. The van der Waals surface area contributed by atoms with Gasteiger partial charge in [-0.05, 0) is 43.8 Å². The van der Waals surface area contributed by atoms with Gasteiger partial charge in [0.05, 0.1) is 0 Å². The first-order valence-corrected chi connectivity index (χ1v) is 8.45. The van der Waals surface area contributed by atoms with Gasteiger partial charge in [0.1, 0.15) is 17.9 Å². The molecule has 0 saturated heterocycles. The minimum Gasteiger partial charge on any atom is -0.482 e. The number of ether oxygens (including phenoxy) is 1. The van der Waals surface area contributed by atoms with Crippen LogP contribution in [0.25, 0.3) is 0 Å². The summed E-state index contributed by atoms with van der Waals surface area (Å²) in [6.07, 6.45) is 0.789. The third-order valence-corrected chi connectivity index (χ3v) is 4.39. The van der Waals surface area contributed by atoms with E-state index in [9.17, 15) is 14.0 Å². The Morgan fingerprint density at radius 1 is 1.33 bits per heavy atom. The van der Waals surface area contributed by atoms with Crippen molar-refractivity contribution in [2.24, 2.45) is 0 Å². The number of halogens is 1. The third kappa shape index (κ3) is 5.27. The van der Waals surface area contributed by atoms with Crippen molar-refractivity contribution in [3.63, 3.8) is 0 Å². The molecule has 0 aromatic heterocycles. The van der Waals surface area contributed by atoms with Gasteiger partial charge >= 0.3 is 5.97 Å². The maximum Gasteiger partial charge on any atom is 0.341 e. The molecule has 1 unspecified atom stereocenters. The standard InChI is InChI=1S/C20H23FN2O4/c1-13(17-6-4-14(11-24)8-19(17)22-2)23(3)10-15-9-16(5-7-18(15)21)27-12-20(25)26/h4-9,11,13,22H,10,12H2,1-3H3,(H,25,26). The van der Waals surface area contributed by atoms with Gasteiger partial charge in [-0.25, -0.2) is 9.18 Å². The maximum absolute atomic E-state index is 14.2. The molecule has 0 heterocycles. The second-order valence-corrected chi connectivity index (χ2v) is 6.24. The molecule has 0 aliphatic carbocycles. The number of benzene rings is 2. The van der Waals surface area contributed by atoms with E-state index in [1.165, 1.54) is 18.2 Å². The van der Waals surface area contributed by atoms with Crippen molar-refractivity contribution in [2.45, 2.75) is 19.5 Å². The first kappa shape index (κ1) is 20.4. The fourth-order valence-corrected chi connectivity index (χ4v) is 2.78. The van der Waals surface area contributed by atoms with Gasteiger partial charge in [-0.15, -0.1) is 0 Å². The van der Waals surface area contributed by atoms with Crippen molar-refractivity contribution in [3.8, 4) is 5.75 Å². The Bertz CT molecular complexity index is 826. The number of carbonyl (C=O) groups is 2. The molecule has 2 N–H and O–H groups in total. The number of carboxylic acids is 1. The Hall–Kier alpha value is -2.93. The van der Waals surface area contributed by atoms with Crippen LogP contribution in [-0.2, 0) is 11.3 Å². The number of nitrogens with one attached hydrogen (secondary N) is 1. The molecule has 144 valence electrons. The average molecular weight is 374 g/mol. The van der Waals surface area contributed by atoms with Crippen LogP contribution in [0, 0.1) is 5.82 Å². The van der Waals surface area contributed by atoms with Crippen LogP contribution in [-0.4, -0.2) is 43.0 Å². The number of hydrogen-bond acceptors (Lipinski definition) is 5. The maximum atomic E-state index is 14.2. The van der Waals surface area contributed by atoms with Gasteiger partial charge in [0.15, 0.2) is 6.61 Å². The summed E-state index contributed by atoms with van der Waals surface area (Å²) < 4.78 is 19.3. The lowest BCUT2D eigenvalue weighted by atomic mass is 10.0. The summed E-state index contributed by atoms with van der Waals surface area (Å²) >= 11 is 0. The van der Waals surface area contributed by atoms with Gasteiger partial charge in [0.2, 0.25) is 0 Å². The molecule has 0 fully saturated rings. The minimum absolute atomic E-state index is 0.0591. The molecule has 0 radical (unpaired) electrons. The Balaban J connectivity index is 2.18. The van der Waals surface area contributed by atoms with Crippen LogP contribution in [0.3, 0.4) is 0 Å². The summed E-state index contributed by atoms with van der Waals surface area (Å²) in [7, 11) is 3.64. The lowest BCUT2D eigenvalue weighted by molar-refractivity contribution is -0.139. The molecule has 0 aliphatic rings. The first-order valence-electron chi connectivity index (χ1n) is 8.45. The van der Waals surface area contributed by atoms with E-state index in [-0.39, 0.29) is 11.9 Å². The smallest absolute Gasteiger partial charge is 0.341 e. The van der Waals surface area contributed by atoms with E-state index in [2.05, 4.69) is 5.32 Å². The molecule has 0 saturated carbocycles. The van der Waals surface area contributed by atoms with Crippen LogP contribution in [0.2, 0.25) is 0 Å². The third-order valence-electron chi connectivity index (χ3n) is 4.39. The predicted octanol–water partition coefficient (Wildman–Crippen LogP) is 3.34. The fourth-order valence-electron chi connectivity index (χ4n) is 2.78. The summed E-state index contributed by atoms with van der Waals surface area (Å²) in [6, 6.07) is 9.51. The number of nitrogens with zero attached hydrogens (tertiary/aromatic N) is 1. The summed E-state index contributed by atoms with van der Waals surface area (Å²) in [4.78, 5) is 23.5. The lowest BCUT2D eigenvalue weighted by Crippen LogP contribution is -2.23. The Labute approximate surface area is 157 Å². The second-order valence-electron chi connectivity index (χ2n) is 6.24. The number of anilines is 1. The number of hydrogen-bond donors (Lipinski definition) is 2. The number of carbonyl (C=O) groups excluding carboxylic acids is 1. The Morgan fingerprint density at radius 2 is 2.07 bits per heavy atom. The van der Waals surface area contributed by atoms with Gasteiger partial charge in [0, 0.05) is 36.4 Å². The number of aliphatic carboxylic acids is 1. The Morgan fingerprint density at radius 3 is 2.70 bits per heavy atom. The van der Waals surface area contributed by atoms with E-state index in [0.717, 1.165) is 17.5 Å². The predicted molar refractivity (Wildman–Crippen MR) is 101 cm³/mol. The molecule has 6 nitrogen and oxygen atoms in total. The highest BCUT2D eigenvalue weighted by Crippen LogP contribution is 2.29. The van der Waals surface area contributed by atoms with Crippen LogP contribution in [0.1, 0.15) is 34.5 Å². The van der Waals surface area contributed by atoms with Crippen molar-refractivity contribution in [2.75, 3.05) is 26.0 Å². The van der Waals surface area contributed by atoms with E-state index in [1.54, 1.807) is 19.2 Å². The number of rotatable bonds is 9. The highest BCUT2D eigenvalue weighted by atomic mass is 19.1. The zero-order valence-electron chi connectivity index (χ0n) is 15.5. The van der Waals surface area contributed by atoms with Gasteiger partial charge in [-0.2, -0.15) is 0 Å². The normalized spacial score (nSPS) is 11.9. The monoisotopic (exact) mass is 374 g/mol. The lowest BCUT2D eigenvalue weighted by Gasteiger charge is -2.27. The number of carboxylic acid groups (broad SMARTS) is 1. The van der Waals surface area contributed by atoms with E-state index in [1.807, 2.05) is 24.9 Å². The minimum atomic E-state index is -1.09. The zero-order valence-corrected chi connectivity index (χ0v) is 15.5. The van der Waals surface area contributed by atoms with E-state index in [0.29, 0.717) is 23.4 Å². The molecular formula is C20H23FN2O4. The van der Waals surface area contributed by atoms with Crippen LogP contribution >= 0.6 is 0 Å². The number of aldehydes is 1. The first-order chi connectivity index (χ1) is 12.8. The van der Waals surface area contributed by atoms with Crippen molar-refractivity contribution in [1.82, 2.24) is 4.90 Å². The van der Waals surface area contributed by atoms with Crippen LogP contribution in [0.5, 0.6) is 5.75 Å². The molecule has 0 amide bonds. The van der Waals surface area contributed by atoms with E-state index in [4.69, 9.17) is 9.84 Å². The topological polar surface area (TPSA) is 78.9 Å². The molecule has 2 aromatic rings. The summed E-state index contributed by atoms with van der Waals surface area (Å²) in [5.41, 5.74) is 2.79. The zero-order chi connectivity index (χ0) is 20.0. The SMILES string of the molecule is CNc1cc(C=O)ccc1C(C)N(C)Cc1cc(OCC(=O)O)ccc1F. The second kappa shape index (κ2) is 9.14. The van der Waals surface area contributed by atoms with Gasteiger partial charge in [-0.1, -0.05) is 12.1 Å². The molecule has 27 heavy (non-hydrogen) atoms. The molecule has 2 rings (SSSR count). The summed E-state index contributed by atoms with van der Waals surface area (Å²) in [5, 5.41) is 11.8. The summed E-state index contributed by atoms with van der Waals surface area (Å²) in [6.45, 7) is 1.81. The van der Waals surface area contributed by atoms with Crippen molar-refractivity contribution < 1.29 is 23.8 Å². The Kier molecular flexibility index (Phi) is 6.90. The van der Waals surface area contributed by atoms with Gasteiger partial charge < -0.3 is 15.2 Å². The molecule has 7 heteroatoms. The molecule has 0 bridgehead atoms. The molecular weight excluding hydrogens is 351 g/mol. The van der Waals surface area contributed by atoms with E-state index >= 15 is 0 Å². The molecule has 0 aliphatic heterocycles. The van der Waals surface area contributed by atoms with Gasteiger partial charge in [0.25, 0.3) is 0 Å². The molecule has 2 aromatic carbocycles. The largest absolute Gasteiger partial charge is 0.482 e. The van der Waals surface area contributed by atoms with Crippen molar-refractivity contribution in [3.05, 3.63) is 58.9 Å². The van der Waals surface area contributed by atoms with Crippen molar-refractivity contribution in [1.29, 1.82) is 0 Å². The van der Waals surface area contributed by atoms with Crippen LogP contribution in [0.4, 0.5) is 10.1 Å². The average Bonchev–Trinajstić information content (AvgIpc) is 2.67. The van der Waals surface area contributed by atoms with Gasteiger partial charge in [-0.3, -0.25) is 9.69 Å². The van der Waals surface area contributed by atoms with Crippen LogP contribution < -0.4 is 10.1 Å². The van der Waals surface area contributed by atoms with E-state index < -0.39 is 12.6 Å². The highest BCUT2D eigenvalue weighted by molar-refractivity contribution is 5.78. The van der Waals surface area contributed by atoms with Crippen LogP contribution in [0.15, 0.2) is 36.4 Å². The van der Waals surface area contributed by atoms with Crippen molar-refractivity contribution >= 4 is 17.9 Å². The highest BCUT2D eigenvalue weighted by Gasteiger charge is 2.17. The molecule has 0 spiro atoms. The summed E-state index contributed by atoms with van der Waals surface area (Å²) in [5.74, 6) is -1.17. The fraction of sp³-hybridized carbons (Fsp3) is 0.300.